The Morgan fingerprint density at radius 1 is 1.07 bits per heavy atom. The van der Waals surface area contributed by atoms with Crippen molar-refractivity contribution in [1.29, 1.82) is 0 Å². The fourth-order valence-electron chi connectivity index (χ4n) is 3.21. The Hall–Kier alpha value is -3.09. The monoisotopic (exact) mass is 368 g/mol. The first-order valence-electron chi connectivity index (χ1n) is 9.20. The van der Waals surface area contributed by atoms with Crippen LogP contribution in [0.2, 0.25) is 0 Å². The molecule has 1 amide bonds. The van der Waals surface area contributed by atoms with Crippen molar-refractivity contribution in [2.45, 2.75) is 32.2 Å². The number of piperidine rings is 1. The second-order valence-electron chi connectivity index (χ2n) is 6.76. The molecule has 0 aliphatic carbocycles. The summed E-state index contributed by atoms with van der Waals surface area (Å²) < 4.78 is 0. The zero-order valence-corrected chi connectivity index (χ0v) is 15.4. The summed E-state index contributed by atoms with van der Waals surface area (Å²) in [5.74, 6) is -0.251. The van der Waals surface area contributed by atoms with E-state index >= 15 is 0 Å². The number of benzene rings is 2. The van der Waals surface area contributed by atoms with Gasteiger partial charge in [-0.15, -0.1) is 0 Å². The SMILES string of the molecule is CC(Nc1cccc(N2CCCCC2)c1)C(=O)Nc1cccc([N+](=O)[O-])c1. The van der Waals surface area contributed by atoms with Crippen molar-refractivity contribution in [3.63, 3.8) is 0 Å². The van der Waals surface area contributed by atoms with Crippen LogP contribution in [0.1, 0.15) is 26.2 Å². The summed E-state index contributed by atoms with van der Waals surface area (Å²) in [6, 6.07) is 13.5. The van der Waals surface area contributed by atoms with Gasteiger partial charge in [0.2, 0.25) is 5.91 Å². The van der Waals surface area contributed by atoms with Gasteiger partial charge in [-0.1, -0.05) is 12.1 Å². The smallest absolute Gasteiger partial charge is 0.271 e. The minimum absolute atomic E-state index is 0.0531. The lowest BCUT2D eigenvalue weighted by Crippen LogP contribution is -2.32. The molecule has 1 unspecified atom stereocenters. The zero-order chi connectivity index (χ0) is 19.2. The maximum absolute atomic E-state index is 12.4. The lowest BCUT2D eigenvalue weighted by molar-refractivity contribution is -0.384. The van der Waals surface area contributed by atoms with E-state index in [0.29, 0.717) is 5.69 Å². The first kappa shape index (κ1) is 18.7. The van der Waals surface area contributed by atoms with E-state index in [2.05, 4.69) is 27.7 Å². The van der Waals surface area contributed by atoms with Crippen molar-refractivity contribution in [2.75, 3.05) is 28.6 Å². The molecule has 0 saturated carbocycles. The molecule has 1 saturated heterocycles. The van der Waals surface area contributed by atoms with Crippen LogP contribution < -0.4 is 15.5 Å². The summed E-state index contributed by atoms with van der Waals surface area (Å²) >= 11 is 0. The highest BCUT2D eigenvalue weighted by atomic mass is 16.6. The quantitative estimate of drug-likeness (QED) is 0.594. The van der Waals surface area contributed by atoms with Crippen molar-refractivity contribution < 1.29 is 9.72 Å². The fraction of sp³-hybridized carbons (Fsp3) is 0.350. The Labute approximate surface area is 158 Å². The van der Waals surface area contributed by atoms with E-state index in [1.807, 2.05) is 12.1 Å². The second-order valence-corrected chi connectivity index (χ2v) is 6.76. The highest BCUT2D eigenvalue weighted by Gasteiger charge is 2.16. The third-order valence-electron chi connectivity index (χ3n) is 4.67. The largest absolute Gasteiger partial charge is 0.374 e. The van der Waals surface area contributed by atoms with Crippen LogP contribution >= 0.6 is 0 Å². The maximum Gasteiger partial charge on any atom is 0.271 e. The number of nitrogens with one attached hydrogen (secondary N) is 2. The first-order chi connectivity index (χ1) is 13.0. The summed E-state index contributed by atoms with van der Waals surface area (Å²) in [4.78, 5) is 25.2. The van der Waals surface area contributed by atoms with Crippen molar-refractivity contribution in [3.05, 3.63) is 58.6 Å². The Morgan fingerprint density at radius 3 is 2.52 bits per heavy atom. The van der Waals surface area contributed by atoms with E-state index in [0.717, 1.165) is 24.5 Å². The van der Waals surface area contributed by atoms with Gasteiger partial charge in [0.25, 0.3) is 5.69 Å². The first-order valence-corrected chi connectivity index (χ1v) is 9.20. The Bertz CT molecular complexity index is 818. The molecular weight excluding hydrogens is 344 g/mol. The number of anilines is 3. The standard InChI is InChI=1S/C20H24N4O3/c1-15(20(25)22-17-8-6-10-19(14-17)24(26)27)21-16-7-5-9-18(13-16)23-11-3-2-4-12-23/h5-10,13-15,21H,2-4,11-12H2,1H3,(H,22,25). The number of non-ortho nitro benzene ring substituents is 1. The molecule has 2 N–H and O–H groups in total. The number of carbonyl (C=O) groups is 1. The molecular formula is C20H24N4O3. The number of hydrogen-bond acceptors (Lipinski definition) is 5. The Kier molecular flexibility index (Phi) is 5.90. The highest BCUT2D eigenvalue weighted by Crippen LogP contribution is 2.23. The van der Waals surface area contributed by atoms with Gasteiger partial charge < -0.3 is 15.5 Å². The molecule has 1 atom stereocenters. The molecule has 2 aromatic rings. The van der Waals surface area contributed by atoms with Crippen LogP contribution in [0.15, 0.2) is 48.5 Å². The van der Waals surface area contributed by atoms with E-state index in [1.165, 1.54) is 31.4 Å². The number of hydrogen-bond donors (Lipinski definition) is 2. The minimum atomic E-state index is -0.485. The predicted molar refractivity (Wildman–Crippen MR) is 107 cm³/mol. The number of carbonyl (C=O) groups excluding carboxylic acids is 1. The maximum atomic E-state index is 12.4. The molecule has 142 valence electrons. The van der Waals surface area contributed by atoms with Crippen LogP contribution in [0, 0.1) is 10.1 Å². The fourth-order valence-corrected chi connectivity index (χ4v) is 3.21. The molecule has 0 bridgehead atoms. The number of nitro benzene ring substituents is 1. The molecule has 1 aliphatic rings. The van der Waals surface area contributed by atoms with E-state index in [9.17, 15) is 14.9 Å². The van der Waals surface area contributed by atoms with Crippen molar-refractivity contribution in [1.82, 2.24) is 0 Å². The number of nitrogens with zero attached hydrogens (tertiary/aromatic N) is 2. The molecule has 1 heterocycles. The number of amides is 1. The van der Waals surface area contributed by atoms with Crippen LogP contribution in [0.5, 0.6) is 0 Å². The number of nitro groups is 1. The zero-order valence-electron chi connectivity index (χ0n) is 15.4. The normalized spacial score (nSPS) is 15.1. The van der Waals surface area contributed by atoms with Crippen molar-refractivity contribution >= 4 is 28.7 Å². The predicted octanol–water partition coefficient (Wildman–Crippen LogP) is 4.02. The number of rotatable bonds is 6. The van der Waals surface area contributed by atoms with Gasteiger partial charge in [-0.2, -0.15) is 0 Å². The van der Waals surface area contributed by atoms with Gasteiger partial charge in [-0.25, -0.2) is 0 Å². The van der Waals surface area contributed by atoms with Crippen molar-refractivity contribution in [3.8, 4) is 0 Å². The summed E-state index contributed by atoms with van der Waals surface area (Å²) in [5, 5.41) is 16.8. The summed E-state index contributed by atoms with van der Waals surface area (Å²) in [6.07, 6.45) is 3.70. The topological polar surface area (TPSA) is 87.5 Å². The van der Waals surface area contributed by atoms with Gasteiger partial charge in [-0.3, -0.25) is 14.9 Å². The van der Waals surface area contributed by atoms with Gasteiger partial charge in [0.05, 0.1) is 4.92 Å². The van der Waals surface area contributed by atoms with E-state index in [-0.39, 0.29) is 11.6 Å². The third-order valence-corrected chi connectivity index (χ3v) is 4.67. The van der Waals surface area contributed by atoms with Crippen molar-refractivity contribution in [2.24, 2.45) is 0 Å². The average molecular weight is 368 g/mol. The third kappa shape index (κ3) is 4.97. The minimum Gasteiger partial charge on any atom is -0.374 e. The average Bonchev–Trinajstić information content (AvgIpc) is 2.69. The van der Waals surface area contributed by atoms with Gasteiger partial charge in [-0.05, 0) is 50.5 Å². The van der Waals surface area contributed by atoms with E-state index in [4.69, 9.17) is 0 Å². The van der Waals surface area contributed by atoms with Crippen LogP contribution in [-0.2, 0) is 4.79 Å². The molecule has 2 aromatic carbocycles. The molecule has 0 spiro atoms. The lowest BCUT2D eigenvalue weighted by Gasteiger charge is -2.29. The van der Waals surface area contributed by atoms with Crippen LogP contribution in [0.25, 0.3) is 0 Å². The van der Waals surface area contributed by atoms with E-state index < -0.39 is 11.0 Å². The molecule has 1 aliphatic heterocycles. The molecule has 7 nitrogen and oxygen atoms in total. The van der Waals surface area contributed by atoms with Gasteiger partial charge in [0.1, 0.15) is 6.04 Å². The molecule has 27 heavy (non-hydrogen) atoms. The Balaban J connectivity index is 1.62. The molecule has 7 heteroatoms. The molecule has 3 rings (SSSR count). The summed E-state index contributed by atoms with van der Waals surface area (Å²) in [6.45, 7) is 3.89. The molecule has 0 radical (unpaired) electrons. The molecule has 0 aromatic heterocycles. The van der Waals surface area contributed by atoms with Gasteiger partial charge in [0, 0.05) is 42.3 Å². The van der Waals surface area contributed by atoms with Gasteiger partial charge in [0.15, 0.2) is 0 Å². The van der Waals surface area contributed by atoms with Crippen LogP contribution in [-0.4, -0.2) is 30.0 Å². The lowest BCUT2D eigenvalue weighted by atomic mass is 10.1. The highest BCUT2D eigenvalue weighted by molar-refractivity contribution is 5.96. The summed E-state index contributed by atoms with van der Waals surface area (Å²) in [5.41, 5.74) is 2.39. The van der Waals surface area contributed by atoms with Crippen LogP contribution in [0.3, 0.4) is 0 Å². The second kappa shape index (κ2) is 8.53. The summed E-state index contributed by atoms with van der Waals surface area (Å²) in [7, 11) is 0. The van der Waals surface area contributed by atoms with Gasteiger partial charge >= 0.3 is 0 Å². The molecule has 1 fully saturated rings. The van der Waals surface area contributed by atoms with E-state index in [1.54, 1.807) is 19.1 Å². The van der Waals surface area contributed by atoms with Crippen LogP contribution in [0.4, 0.5) is 22.7 Å². The Morgan fingerprint density at radius 2 is 1.78 bits per heavy atom.